The Morgan fingerprint density at radius 2 is 1.76 bits per heavy atom. The number of carbonyl (C=O) groups is 2. The van der Waals surface area contributed by atoms with E-state index in [1.807, 2.05) is 61.5 Å². The van der Waals surface area contributed by atoms with E-state index >= 15 is 0 Å². The molecule has 0 aliphatic carbocycles. The summed E-state index contributed by atoms with van der Waals surface area (Å²) >= 11 is 0. The second-order valence-corrected chi connectivity index (χ2v) is 7.90. The van der Waals surface area contributed by atoms with Gasteiger partial charge < -0.3 is 15.6 Å². The maximum Gasteiger partial charge on any atom is 0.358 e. The van der Waals surface area contributed by atoms with Gasteiger partial charge in [-0.2, -0.15) is 0 Å². The van der Waals surface area contributed by atoms with Gasteiger partial charge >= 0.3 is 5.97 Å². The molecular formula is C26H29N3O4. The second kappa shape index (κ2) is 11.9. The number of primary amides is 1. The minimum Gasteiger partial charge on any atom is -0.454 e. The molecule has 0 radical (unpaired) electrons. The van der Waals surface area contributed by atoms with Crippen molar-refractivity contribution in [1.82, 2.24) is 9.97 Å². The number of nitrogens with two attached hydrogens (primary N) is 1. The van der Waals surface area contributed by atoms with Gasteiger partial charge in [-0.25, -0.2) is 9.78 Å². The summed E-state index contributed by atoms with van der Waals surface area (Å²) in [6, 6.07) is 16.6. The van der Waals surface area contributed by atoms with Crippen molar-refractivity contribution >= 4 is 22.9 Å². The first kappa shape index (κ1) is 24.1. The minimum absolute atomic E-state index is 0.0521. The number of aromatic nitrogens is 2. The summed E-state index contributed by atoms with van der Waals surface area (Å²) in [4.78, 5) is 33.4. The Morgan fingerprint density at radius 1 is 1.06 bits per heavy atom. The molecule has 172 valence electrons. The molecule has 3 atom stereocenters. The molecule has 3 rings (SSSR count). The van der Waals surface area contributed by atoms with Gasteiger partial charge in [0, 0.05) is 12.3 Å². The lowest BCUT2D eigenvalue weighted by Gasteiger charge is -2.25. The number of allylic oxidation sites excluding steroid dienone is 2. The molecule has 0 unspecified atom stereocenters. The molecule has 0 bridgehead atoms. The molecule has 0 fully saturated rings. The predicted octanol–water partition coefficient (Wildman–Crippen LogP) is 3.61. The number of amides is 1. The van der Waals surface area contributed by atoms with Crippen molar-refractivity contribution in [1.29, 1.82) is 0 Å². The molecule has 7 nitrogen and oxygen atoms in total. The van der Waals surface area contributed by atoms with E-state index in [1.54, 1.807) is 12.1 Å². The Balaban J connectivity index is 1.79. The van der Waals surface area contributed by atoms with Crippen LogP contribution in [-0.2, 0) is 16.0 Å². The van der Waals surface area contributed by atoms with Gasteiger partial charge in [0.1, 0.15) is 6.10 Å². The minimum atomic E-state index is -1.09. The number of hydrogen-bond acceptors (Lipinski definition) is 6. The molecule has 1 aromatic heterocycles. The van der Waals surface area contributed by atoms with Crippen LogP contribution in [-0.4, -0.2) is 39.2 Å². The summed E-state index contributed by atoms with van der Waals surface area (Å²) in [5, 5.41) is 11.0. The highest BCUT2D eigenvalue weighted by atomic mass is 16.6. The molecule has 0 saturated carbocycles. The second-order valence-electron chi connectivity index (χ2n) is 7.90. The zero-order valence-electron chi connectivity index (χ0n) is 18.6. The maximum absolute atomic E-state index is 12.9. The average molecular weight is 448 g/mol. The molecule has 3 aromatic rings. The quantitative estimate of drug-likeness (QED) is 0.343. The predicted molar refractivity (Wildman–Crippen MR) is 126 cm³/mol. The van der Waals surface area contributed by atoms with Gasteiger partial charge in [0.25, 0.3) is 0 Å². The number of ether oxygens (including phenoxy) is 1. The van der Waals surface area contributed by atoms with Crippen molar-refractivity contribution in [3.8, 4) is 0 Å². The zero-order valence-corrected chi connectivity index (χ0v) is 18.6. The summed E-state index contributed by atoms with van der Waals surface area (Å²) in [5.41, 5.74) is 7.74. The van der Waals surface area contributed by atoms with E-state index in [4.69, 9.17) is 10.5 Å². The molecule has 7 heteroatoms. The molecule has 1 heterocycles. The third-order valence-electron chi connectivity index (χ3n) is 5.38. The highest BCUT2D eigenvalue weighted by Crippen LogP contribution is 2.20. The lowest BCUT2D eigenvalue weighted by Crippen LogP contribution is -2.37. The van der Waals surface area contributed by atoms with Gasteiger partial charge in [0.05, 0.1) is 23.3 Å². The van der Waals surface area contributed by atoms with Crippen LogP contribution in [0.5, 0.6) is 0 Å². The first-order chi connectivity index (χ1) is 16.0. The molecule has 2 aromatic carbocycles. The largest absolute Gasteiger partial charge is 0.454 e. The van der Waals surface area contributed by atoms with E-state index in [-0.39, 0.29) is 18.5 Å². The van der Waals surface area contributed by atoms with Gasteiger partial charge in [-0.05, 0) is 37.0 Å². The maximum atomic E-state index is 12.9. The number of hydrogen-bond donors (Lipinski definition) is 2. The molecule has 0 saturated heterocycles. The monoisotopic (exact) mass is 447 g/mol. The van der Waals surface area contributed by atoms with Crippen LogP contribution >= 0.6 is 0 Å². The third kappa shape index (κ3) is 6.95. The Kier molecular flexibility index (Phi) is 8.66. The van der Waals surface area contributed by atoms with Crippen molar-refractivity contribution in [3.05, 3.63) is 84.2 Å². The van der Waals surface area contributed by atoms with Crippen molar-refractivity contribution in [2.45, 2.75) is 44.8 Å². The Morgan fingerprint density at radius 3 is 2.45 bits per heavy atom. The van der Waals surface area contributed by atoms with Crippen molar-refractivity contribution < 1.29 is 19.4 Å². The van der Waals surface area contributed by atoms with Gasteiger partial charge in [0.2, 0.25) is 5.91 Å². The fourth-order valence-corrected chi connectivity index (χ4v) is 3.56. The number of esters is 1. The number of nitrogens with zero attached hydrogens (tertiary/aromatic N) is 2. The standard InChI is InChI=1S/C26H29N3O4/c1-2-3-5-12-19(25(27)31)16-23(30)24(15-18-10-6-4-7-11-18)33-26(32)22-17-28-20-13-8-9-14-21(20)29-22/h3-11,13-14,17,19,23-24,30H,2,12,15-16H2,1H3,(H2,27,31)/t19-,23+,24+/m1/s1. The van der Waals surface area contributed by atoms with Crippen molar-refractivity contribution in [2.24, 2.45) is 11.7 Å². The number of aliphatic hydroxyl groups is 1. The highest BCUT2D eigenvalue weighted by Gasteiger charge is 2.29. The fraction of sp³-hybridized carbons (Fsp3) is 0.308. The number of aliphatic hydroxyl groups excluding tert-OH is 1. The zero-order chi connectivity index (χ0) is 23.6. The molecule has 0 aliphatic rings. The van der Waals surface area contributed by atoms with E-state index in [9.17, 15) is 14.7 Å². The number of rotatable bonds is 11. The SMILES string of the molecule is CCC=CC[C@H](C[C@H](O)[C@H](Cc1ccccc1)OC(=O)c1cnc2ccccc2n1)C(N)=O. The van der Waals surface area contributed by atoms with Crippen LogP contribution in [0.2, 0.25) is 0 Å². The number of carbonyl (C=O) groups excluding carboxylic acids is 2. The molecule has 1 amide bonds. The van der Waals surface area contributed by atoms with E-state index in [1.165, 1.54) is 6.20 Å². The Labute approximate surface area is 193 Å². The topological polar surface area (TPSA) is 115 Å². The smallest absolute Gasteiger partial charge is 0.358 e. The van der Waals surface area contributed by atoms with Crippen molar-refractivity contribution in [3.63, 3.8) is 0 Å². The fourth-order valence-electron chi connectivity index (χ4n) is 3.56. The van der Waals surface area contributed by atoms with Gasteiger partial charge in [-0.1, -0.05) is 61.5 Å². The van der Waals surface area contributed by atoms with Crippen LogP contribution in [0.25, 0.3) is 11.0 Å². The van der Waals surface area contributed by atoms with Crippen LogP contribution in [0, 0.1) is 5.92 Å². The van der Waals surface area contributed by atoms with Gasteiger partial charge in [0.15, 0.2) is 5.69 Å². The van der Waals surface area contributed by atoms with Crippen LogP contribution in [0.15, 0.2) is 72.9 Å². The van der Waals surface area contributed by atoms with Crippen LogP contribution in [0.4, 0.5) is 0 Å². The van der Waals surface area contributed by atoms with Crippen molar-refractivity contribution in [2.75, 3.05) is 0 Å². The van der Waals surface area contributed by atoms with E-state index in [0.717, 1.165) is 12.0 Å². The molecule has 3 N–H and O–H groups in total. The Hall–Kier alpha value is -3.58. The summed E-state index contributed by atoms with van der Waals surface area (Å²) in [6.45, 7) is 2.00. The third-order valence-corrected chi connectivity index (χ3v) is 5.38. The number of benzene rings is 2. The van der Waals surface area contributed by atoms with Crippen LogP contribution in [0.3, 0.4) is 0 Å². The van der Waals surface area contributed by atoms with E-state index < -0.39 is 30.0 Å². The normalized spacial score (nSPS) is 14.1. The Bertz CT molecular complexity index is 1100. The van der Waals surface area contributed by atoms with Gasteiger partial charge in [-0.3, -0.25) is 9.78 Å². The first-order valence-electron chi connectivity index (χ1n) is 11.1. The first-order valence-corrected chi connectivity index (χ1v) is 11.1. The molecular weight excluding hydrogens is 418 g/mol. The average Bonchev–Trinajstić information content (AvgIpc) is 2.83. The lowest BCUT2D eigenvalue weighted by molar-refractivity contribution is -0.123. The summed E-state index contributed by atoms with van der Waals surface area (Å²) < 4.78 is 5.70. The van der Waals surface area contributed by atoms with Gasteiger partial charge in [-0.15, -0.1) is 0 Å². The lowest BCUT2D eigenvalue weighted by atomic mass is 9.92. The van der Waals surface area contributed by atoms with E-state index in [2.05, 4.69) is 9.97 Å². The van der Waals surface area contributed by atoms with Crippen LogP contribution in [0.1, 0.15) is 42.2 Å². The molecule has 0 aliphatic heterocycles. The highest BCUT2D eigenvalue weighted by molar-refractivity contribution is 5.89. The summed E-state index contributed by atoms with van der Waals surface area (Å²) in [5.74, 6) is -1.75. The molecule has 33 heavy (non-hydrogen) atoms. The molecule has 0 spiro atoms. The number of fused-ring (bicyclic) bond motifs is 1. The van der Waals surface area contributed by atoms with E-state index in [0.29, 0.717) is 17.5 Å². The number of para-hydroxylation sites is 2. The summed E-state index contributed by atoms with van der Waals surface area (Å²) in [6.07, 6.45) is 4.84. The van der Waals surface area contributed by atoms with Crippen LogP contribution < -0.4 is 5.73 Å². The summed E-state index contributed by atoms with van der Waals surface area (Å²) in [7, 11) is 0.